The fourth-order valence-electron chi connectivity index (χ4n) is 2.19. The highest BCUT2D eigenvalue weighted by molar-refractivity contribution is 7.89. The molecule has 2 rings (SSSR count). The van der Waals surface area contributed by atoms with Gasteiger partial charge in [0.25, 0.3) is 0 Å². The van der Waals surface area contributed by atoms with Gasteiger partial charge in [-0.15, -0.1) is 0 Å². The molecule has 1 aliphatic rings. The molecular weight excluding hydrogens is 283 g/mol. The number of halogens is 3. The SMILES string of the molecule is Cn1cc(S(=O)(=O)N2CCCCC2C(F)(F)F)cn1. The number of alkyl halides is 3. The molecule has 1 aromatic heterocycles. The van der Waals surface area contributed by atoms with Crippen molar-refractivity contribution in [1.82, 2.24) is 14.1 Å². The Morgan fingerprint density at radius 3 is 2.58 bits per heavy atom. The third-order valence-corrected chi connectivity index (χ3v) is 4.98. The Hall–Kier alpha value is -1.09. The average Bonchev–Trinajstić information content (AvgIpc) is 2.75. The smallest absolute Gasteiger partial charge is 0.274 e. The summed E-state index contributed by atoms with van der Waals surface area (Å²) < 4.78 is 65.0. The first-order chi connectivity index (χ1) is 8.73. The number of aromatic nitrogens is 2. The van der Waals surface area contributed by atoms with Crippen LogP contribution < -0.4 is 0 Å². The van der Waals surface area contributed by atoms with Crippen molar-refractivity contribution in [3.8, 4) is 0 Å². The van der Waals surface area contributed by atoms with Gasteiger partial charge >= 0.3 is 6.18 Å². The van der Waals surface area contributed by atoms with Crippen LogP contribution in [0.1, 0.15) is 19.3 Å². The lowest BCUT2D eigenvalue weighted by Crippen LogP contribution is -2.51. The van der Waals surface area contributed by atoms with E-state index >= 15 is 0 Å². The third-order valence-electron chi connectivity index (χ3n) is 3.12. The van der Waals surface area contributed by atoms with Gasteiger partial charge in [-0.2, -0.15) is 22.6 Å². The fourth-order valence-corrected chi connectivity index (χ4v) is 3.85. The highest BCUT2D eigenvalue weighted by Crippen LogP contribution is 2.35. The summed E-state index contributed by atoms with van der Waals surface area (Å²) in [5, 5.41) is 3.69. The van der Waals surface area contributed by atoms with E-state index in [1.54, 1.807) is 0 Å². The van der Waals surface area contributed by atoms with E-state index in [9.17, 15) is 21.6 Å². The molecule has 9 heteroatoms. The van der Waals surface area contributed by atoms with E-state index < -0.39 is 22.2 Å². The summed E-state index contributed by atoms with van der Waals surface area (Å²) in [7, 11) is -2.63. The molecule has 0 aliphatic carbocycles. The zero-order valence-corrected chi connectivity index (χ0v) is 11.1. The average molecular weight is 297 g/mol. The summed E-state index contributed by atoms with van der Waals surface area (Å²) in [6.07, 6.45) is -1.65. The molecule has 1 fully saturated rings. The van der Waals surface area contributed by atoms with E-state index in [0.717, 1.165) is 6.20 Å². The lowest BCUT2D eigenvalue weighted by molar-refractivity contribution is -0.177. The maximum atomic E-state index is 12.9. The zero-order chi connectivity index (χ0) is 14.3. The van der Waals surface area contributed by atoms with Gasteiger partial charge < -0.3 is 0 Å². The van der Waals surface area contributed by atoms with Crippen LogP contribution in [0.2, 0.25) is 0 Å². The van der Waals surface area contributed by atoms with Gasteiger partial charge in [-0.05, 0) is 12.8 Å². The highest BCUT2D eigenvalue weighted by Gasteiger charge is 2.49. The van der Waals surface area contributed by atoms with Crippen LogP contribution in [0.25, 0.3) is 0 Å². The molecule has 1 unspecified atom stereocenters. The largest absolute Gasteiger partial charge is 0.405 e. The Labute approximate surface area is 109 Å². The Kier molecular flexibility index (Phi) is 3.61. The van der Waals surface area contributed by atoms with Gasteiger partial charge in [0.05, 0.1) is 6.20 Å². The van der Waals surface area contributed by atoms with E-state index in [-0.39, 0.29) is 17.9 Å². The van der Waals surface area contributed by atoms with Gasteiger partial charge in [0.15, 0.2) is 0 Å². The van der Waals surface area contributed by atoms with Gasteiger partial charge in [-0.25, -0.2) is 8.42 Å². The van der Waals surface area contributed by atoms with Crippen molar-refractivity contribution < 1.29 is 21.6 Å². The van der Waals surface area contributed by atoms with Gasteiger partial charge in [0, 0.05) is 19.8 Å². The van der Waals surface area contributed by atoms with Crippen molar-refractivity contribution in [1.29, 1.82) is 0 Å². The molecule has 0 amide bonds. The summed E-state index contributed by atoms with van der Waals surface area (Å²) in [5.74, 6) is 0. The first kappa shape index (κ1) is 14.3. The Bertz CT molecular complexity index is 553. The standard InChI is InChI=1S/C10H14F3N3O2S/c1-15-7-8(6-14-15)19(17,18)16-5-3-2-4-9(16)10(11,12)13/h6-7,9H,2-5H2,1H3. The van der Waals surface area contributed by atoms with E-state index in [4.69, 9.17) is 0 Å². The molecule has 0 saturated carbocycles. The first-order valence-electron chi connectivity index (χ1n) is 5.80. The number of aryl methyl sites for hydroxylation is 1. The van der Waals surface area contributed by atoms with Crippen molar-refractivity contribution in [2.45, 2.75) is 36.4 Å². The van der Waals surface area contributed by atoms with Crippen molar-refractivity contribution in [3.05, 3.63) is 12.4 Å². The van der Waals surface area contributed by atoms with Crippen LogP contribution >= 0.6 is 0 Å². The van der Waals surface area contributed by atoms with Crippen molar-refractivity contribution >= 4 is 10.0 Å². The van der Waals surface area contributed by atoms with Crippen LogP contribution in [-0.2, 0) is 17.1 Å². The second-order valence-corrected chi connectivity index (χ2v) is 6.41. The minimum Gasteiger partial charge on any atom is -0.274 e. The predicted molar refractivity (Wildman–Crippen MR) is 60.8 cm³/mol. The zero-order valence-electron chi connectivity index (χ0n) is 10.3. The second kappa shape index (κ2) is 4.78. The predicted octanol–water partition coefficient (Wildman–Crippen LogP) is 1.53. The molecule has 0 radical (unpaired) electrons. The van der Waals surface area contributed by atoms with Crippen molar-refractivity contribution in [2.24, 2.45) is 7.05 Å². The summed E-state index contributed by atoms with van der Waals surface area (Å²) in [6.45, 7) is -0.110. The minimum atomic E-state index is -4.55. The molecular formula is C10H14F3N3O2S. The molecule has 5 nitrogen and oxygen atoms in total. The molecule has 19 heavy (non-hydrogen) atoms. The topological polar surface area (TPSA) is 55.2 Å². The minimum absolute atomic E-state index is 0.110. The van der Waals surface area contributed by atoms with Gasteiger partial charge in [0.1, 0.15) is 10.9 Å². The molecule has 1 saturated heterocycles. The molecule has 1 aliphatic heterocycles. The number of hydrogen-bond acceptors (Lipinski definition) is 3. The van der Waals surface area contributed by atoms with Crippen molar-refractivity contribution in [2.75, 3.05) is 6.54 Å². The number of nitrogens with zero attached hydrogens (tertiary/aromatic N) is 3. The monoisotopic (exact) mass is 297 g/mol. The fraction of sp³-hybridized carbons (Fsp3) is 0.700. The highest BCUT2D eigenvalue weighted by atomic mass is 32.2. The Morgan fingerprint density at radius 2 is 2.05 bits per heavy atom. The lowest BCUT2D eigenvalue weighted by atomic mass is 10.1. The van der Waals surface area contributed by atoms with E-state index in [1.807, 2.05) is 0 Å². The van der Waals surface area contributed by atoms with Crippen LogP contribution in [0.5, 0.6) is 0 Å². The molecule has 1 atom stereocenters. The maximum Gasteiger partial charge on any atom is 0.405 e. The summed E-state index contributed by atoms with van der Waals surface area (Å²) in [6, 6.07) is -1.94. The van der Waals surface area contributed by atoms with Crippen LogP contribution in [-0.4, -0.2) is 41.3 Å². The normalized spacial score (nSPS) is 22.6. The molecule has 0 N–H and O–H groups in total. The molecule has 108 valence electrons. The number of sulfonamides is 1. The van der Waals surface area contributed by atoms with Crippen LogP contribution in [0.4, 0.5) is 13.2 Å². The van der Waals surface area contributed by atoms with Crippen LogP contribution in [0.15, 0.2) is 17.3 Å². The summed E-state index contributed by atoms with van der Waals surface area (Å²) in [4.78, 5) is -0.203. The second-order valence-electron chi connectivity index (χ2n) is 4.52. The molecule has 1 aromatic rings. The quantitative estimate of drug-likeness (QED) is 0.832. The molecule has 0 spiro atoms. The summed E-state index contributed by atoms with van der Waals surface area (Å²) >= 11 is 0. The van der Waals surface area contributed by atoms with Gasteiger partial charge in [-0.1, -0.05) is 6.42 Å². The van der Waals surface area contributed by atoms with E-state index in [2.05, 4.69) is 5.10 Å². The third kappa shape index (κ3) is 2.76. The van der Waals surface area contributed by atoms with Crippen LogP contribution in [0, 0.1) is 0 Å². The maximum absolute atomic E-state index is 12.9. The van der Waals surface area contributed by atoms with Crippen LogP contribution in [0.3, 0.4) is 0 Å². The molecule has 0 bridgehead atoms. The molecule has 0 aromatic carbocycles. The Morgan fingerprint density at radius 1 is 1.37 bits per heavy atom. The van der Waals surface area contributed by atoms with E-state index in [0.29, 0.717) is 17.1 Å². The Balaban J connectivity index is 2.37. The van der Waals surface area contributed by atoms with Gasteiger partial charge in [-0.3, -0.25) is 4.68 Å². The van der Waals surface area contributed by atoms with Gasteiger partial charge in [0.2, 0.25) is 10.0 Å². The van der Waals surface area contributed by atoms with Crippen molar-refractivity contribution in [3.63, 3.8) is 0 Å². The number of hydrogen-bond donors (Lipinski definition) is 0. The first-order valence-corrected chi connectivity index (χ1v) is 7.24. The lowest BCUT2D eigenvalue weighted by Gasteiger charge is -2.35. The number of rotatable bonds is 2. The number of piperidine rings is 1. The van der Waals surface area contributed by atoms with E-state index in [1.165, 1.54) is 17.9 Å². The molecule has 2 heterocycles. The summed E-state index contributed by atoms with van der Waals surface area (Å²) in [5.41, 5.74) is 0.